The van der Waals surface area contributed by atoms with Gasteiger partial charge >= 0.3 is 0 Å². The van der Waals surface area contributed by atoms with Crippen LogP contribution in [0.3, 0.4) is 0 Å². The molecule has 82 valence electrons. The molecule has 0 bridgehead atoms. The maximum absolute atomic E-state index is 9.07. The van der Waals surface area contributed by atoms with Crippen LogP contribution in [-0.4, -0.2) is 59.8 Å². The van der Waals surface area contributed by atoms with E-state index in [1.165, 1.54) is 19.4 Å². The number of rotatable bonds is 3. The molecule has 1 saturated heterocycles. The standard InChI is InChI=1S/C11H22N2O/c1-9-7-12(2)8-11(5-6-14)13(9)10-3-4-10/h9-11,14H,3-8H2,1-2H3. The Labute approximate surface area is 86.7 Å². The summed E-state index contributed by atoms with van der Waals surface area (Å²) in [6.07, 6.45) is 3.68. The first-order chi connectivity index (χ1) is 6.72. The second-order valence-corrected chi connectivity index (χ2v) is 4.91. The van der Waals surface area contributed by atoms with Crippen molar-refractivity contribution >= 4 is 0 Å². The summed E-state index contributed by atoms with van der Waals surface area (Å²) in [6.45, 7) is 4.95. The van der Waals surface area contributed by atoms with Gasteiger partial charge in [0, 0.05) is 37.8 Å². The first-order valence-corrected chi connectivity index (χ1v) is 5.79. The lowest BCUT2D eigenvalue weighted by Crippen LogP contribution is -2.57. The first kappa shape index (κ1) is 10.4. The van der Waals surface area contributed by atoms with Crippen molar-refractivity contribution in [2.75, 3.05) is 26.7 Å². The van der Waals surface area contributed by atoms with Crippen molar-refractivity contribution in [1.29, 1.82) is 0 Å². The topological polar surface area (TPSA) is 26.7 Å². The molecule has 3 heteroatoms. The zero-order valence-corrected chi connectivity index (χ0v) is 9.32. The molecule has 1 N–H and O–H groups in total. The average molecular weight is 198 g/mol. The summed E-state index contributed by atoms with van der Waals surface area (Å²) in [5.41, 5.74) is 0. The number of hydrogen-bond acceptors (Lipinski definition) is 3. The van der Waals surface area contributed by atoms with Crippen molar-refractivity contribution in [2.45, 2.75) is 44.3 Å². The maximum Gasteiger partial charge on any atom is 0.0446 e. The second-order valence-electron chi connectivity index (χ2n) is 4.91. The minimum absolute atomic E-state index is 0.328. The molecule has 2 fully saturated rings. The molecule has 0 spiro atoms. The van der Waals surface area contributed by atoms with E-state index in [1.54, 1.807) is 0 Å². The fourth-order valence-electron chi connectivity index (χ4n) is 2.85. The summed E-state index contributed by atoms with van der Waals surface area (Å²) < 4.78 is 0. The molecule has 3 nitrogen and oxygen atoms in total. The molecule has 2 rings (SSSR count). The van der Waals surface area contributed by atoms with Gasteiger partial charge in [-0.25, -0.2) is 0 Å². The van der Waals surface area contributed by atoms with E-state index in [0.717, 1.165) is 19.0 Å². The Balaban J connectivity index is 2.00. The maximum atomic E-state index is 9.07. The summed E-state index contributed by atoms with van der Waals surface area (Å²) in [7, 11) is 2.19. The van der Waals surface area contributed by atoms with E-state index in [9.17, 15) is 0 Å². The van der Waals surface area contributed by atoms with Gasteiger partial charge in [-0.2, -0.15) is 0 Å². The van der Waals surface area contributed by atoms with E-state index in [4.69, 9.17) is 5.11 Å². The molecular weight excluding hydrogens is 176 g/mol. The van der Waals surface area contributed by atoms with E-state index in [0.29, 0.717) is 18.7 Å². The van der Waals surface area contributed by atoms with Gasteiger partial charge in [0.15, 0.2) is 0 Å². The molecule has 0 amide bonds. The van der Waals surface area contributed by atoms with Gasteiger partial charge in [-0.1, -0.05) is 0 Å². The van der Waals surface area contributed by atoms with Crippen LogP contribution in [0.15, 0.2) is 0 Å². The predicted octanol–water partition coefficient (Wildman–Crippen LogP) is 0.536. The average Bonchev–Trinajstić information content (AvgIpc) is 2.87. The molecule has 1 saturated carbocycles. The van der Waals surface area contributed by atoms with E-state index < -0.39 is 0 Å². The minimum atomic E-state index is 0.328. The summed E-state index contributed by atoms with van der Waals surface area (Å²) in [6, 6.07) is 2.08. The van der Waals surface area contributed by atoms with Gasteiger partial charge in [-0.05, 0) is 33.2 Å². The van der Waals surface area contributed by atoms with Gasteiger partial charge in [0.25, 0.3) is 0 Å². The van der Waals surface area contributed by atoms with Crippen LogP contribution in [0, 0.1) is 0 Å². The van der Waals surface area contributed by atoms with Crippen molar-refractivity contribution < 1.29 is 5.11 Å². The van der Waals surface area contributed by atoms with Crippen LogP contribution < -0.4 is 0 Å². The minimum Gasteiger partial charge on any atom is -0.396 e. The highest BCUT2D eigenvalue weighted by Gasteiger charge is 2.39. The fraction of sp³-hybridized carbons (Fsp3) is 1.00. The Bertz CT molecular complexity index is 194. The van der Waals surface area contributed by atoms with Crippen LogP contribution in [0.1, 0.15) is 26.2 Å². The smallest absolute Gasteiger partial charge is 0.0446 e. The van der Waals surface area contributed by atoms with E-state index >= 15 is 0 Å². The van der Waals surface area contributed by atoms with Gasteiger partial charge in [-0.3, -0.25) is 4.90 Å². The third kappa shape index (κ3) is 2.10. The molecule has 1 heterocycles. The second kappa shape index (κ2) is 4.17. The molecule has 0 aromatic rings. The number of piperazine rings is 1. The highest BCUT2D eigenvalue weighted by atomic mass is 16.3. The molecule has 2 atom stereocenters. The summed E-state index contributed by atoms with van der Waals surface area (Å²) in [5.74, 6) is 0. The van der Waals surface area contributed by atoms with Crippen molar-refractivity contribution in [3.63, 3.8) is 0 Å². The SMILES string of the molecule is CC1CN(C)CC(CCO)N1C1CC1. The normalized spacial score (nSPS) is 36.2. The monoisotopic (exact) mass is 198 g/mol. The number of aliphatic hydroxyl groups is 1. The summed E-state index contributed by atoms with van der Waals surface area (Å²) in [4.78, 5) is 5.04. The zero-order valence-electron chi connectivity index (χ0n) is 9.32. The lowest BCUT2D eigenvalue weighted by atomic mass is 10.0. The van der Waals surface area contributed by atoms with Crippen LogP contribution >= 0.6 is 0 Å². The number of likely N-dealkylation sites (N-methyl/N-ethyl adjacent to an activating group) is 1. The number of hydrogen-bond donors (Lipinski definition) is 1. The van der Waals surface area contributed by atoms with Crippen molar-refractivity contribution in [3.8, 4) is 0 Å². The van der Waals surface area contributed by atoms with Crippen LogP contribution in [0.4, 0.5) is 0 Å². The number of nitrogens with zero attached hydrogens (tertiary/aromatic N) is 2. The quantitative estimate of drug-likeness (QED) is 0.717. The lowest BCUT2D eigenvalue weighted by Gasteiger charge is -2.45. The Morgan fingerprint density at radius 1 is 1.29 bits per heavy atom. The van der Waals surface area contributed by atoms with E-state index in [2.05, 4.69) is 23.8 Å². The molecule has 0 radical (unpaired) electrons. The van der Waals surface area contributed by atoms with Gasteiger partial charge in [0.1, 0.15) is 0 Å². The van der Waals surface area contributed by atoms with Crippen LogP contribution in [0.5, 0.6) is 0 Å². The Morgan fingerprint density at radius 3 is 2.57 bits per heavy atom. The van der Waals surface area contributed by atoms with Crippen LogP contribution in [0.25, 0.3) is 0 Å². The third-order valence-electron chi connectivity index (χ3n) is 3.46. The van der Waals surface area contributed by atoms with Gasteiger partial charge < -0.3 is 10.0 Å². The molecule has 1 aliphatic carbocycles. The molecule has 0 aromatic heterocycles. The molecule has 1 aliphatic heterocycles. The molecule has 0 aromatic carbocycles. The molecule has 14 heavy (non-hydrogen) atoms. The predicted molar refractivity (Wildman–Crippen MR) is 57.3 cm³/mol. The largest absolute Gasteiger partial charge is 0.396 e. The van der Waals surface area contributed by atoms with Crippen LogP contribution in [0.2, 0.25) is 0 Å². The van der Waals surface area contributed by atoms with Gasteiger partial charge in [0.2, 0.25) is 0 Å². The highest BCUT2D eigenvalue weighted by molar-refractivity contribution is 4.95. The molecule has 2 unspecified atom stereocenters. The van der Waals surface area contributed by atoms with Gasteiger partial charge in [-0.15, -0.1) is 0 Å². The lowest BCUT2D eigenvalue weighted by molar-refractivity contribution is 0.0247. The third-order valence-corrected chi connectivity index (χ3v) is 3.46. The molecule has 2 aliphatic rings. The van der Waals surface area contributed by atoms with Crippen molar-refractivity contribution in [2.24, 2.45) is 0 Å². The van der Waals surface area contributed by atoms with Gasteiger partial charge in [0.05, 0.1) is 0 Å². The Kier molecular flexibility index (Phi) is 3.10. The summed E-state index contributed by atoms with van der Waals surface area (Å²) >= 11 is 0. The van der Waals surface area contributed by atoms with Crippen molar-refractivity contribution in [1.82, 2.24) is 9.80 Å². The Hall–Kier alpha value is -0.120. The highest BCUT2D eigenvalue weighted by Crippen LogP contribution is 2.33. The number of aliphatic hydroxyl groups excluding tert-OH is 1. The Morgan fingerprint density at radius 2 is 2.00 bits per heavy atom. The first-order valence-electron chi connectivity index (χ1n) is 5.79. The fourth-order valence-corrected chi connectivity index (χ4v) is 2.85. The zero-order chi connectivity index (χ0) is 10.1. The van der Waals surface area contributed by atoms with Crippen molar-refractivity contribution in [3.05, 3.63) is 0 Å². The van der Waals surface area contributed by atoms with E-state index in [1.807, 2.05) is 0 Å². The molecular formula is C11H22N2O. The van der Waals surface area contributed by atoms with E-state index in [-0.39, 0.29) is 0 Å². The summed E-state index contributed by atoms with van der Waals surface area (Å²) in [5, 5.41) is 9.07. The van der Waals surface area contributed by atoms with Crippen LogP contribution in [-0.2, 0) is 0 Å².